The molecule has 0 saturated carbocycles. The Labute approximate surface area is 169 Å². The average Bonchev–Trinajstić information content (AvgIpc) is 3.21. The van der Waals surface area contributed by atoms with Gasteiger partial charge in [0.2, 0.25) is 5.90 Å². The van der Waals surface area contributed by atoms with Crippen LogP contribution in [-0.4, -0.2) is 51.4 Å². The molecule has 3 rings (SSSR count). The van der Waals surface area contributed by atoms with Gasteiger partial charge in [0.05, 0.1) is 11.8 Å². The van der Waals surface area contributed by atoms with Gasteiger partial charge in [-0.2, -0.15) is 8.42 Å². The summed E-state index contributed by atoms with van der Waals surface area (Å²) in [5, 5.41) is 0. The minimum atomic E-state index is -3.86. The van der Waals surface area contributed by atoms with E-state index in [1.54, 1.807) is 30.3 Å². The third-order valence-electron chi connectivity index (χ3n) is 4.17. The van der Waals surface area contributed by atoms with Crippen LogP contribution in [0.5, 0.6) is 0 Å². The molecule has 152 valence electrons. The lowest BCUT2D eigenvalue weighted by atomic mass is 10.1. The SMILES string of the molecule is C=C[C@@H](OC(=O)c1ccccc1)[C@H](OS(C)(=O)=O)[C@@H]1COC(c2ccccc2)=N1. The first-order valence-electron chi connectivity index (χ1n) is 8.90. The molecule has 0 aliphatic carbocycles. The fraction of sp³-hybridized carbons (Fsp3) is 0.238. The lowest BCUT2D eigenvalue weighted by Crippen LogP contribution is -2.42. The van der Waals surface area contributed by atoms with Gasteiger partial charge in [-0.05, 0) is 30.3 Å². The van der Waals surface area contributed by atoms with E-state index in [9.17, 15) is 13.2 Å². The molecule has 8 heteroatoms. The highest BCUT2D eigenvalue weighted by Gasteiger charge is 2.38. The Bertz CT molecular complexity index is 988. The molecule has 0 spiro atoms. The number of hydrogen-bond donors (Lipinski definition) is 0. The number of ether oxygens (including phenoxy) is 2. The maximum absolute atomic E-state index is 12.4. The van der Waals surface area contributed by atoms with Gasteiger partial charge < -0.3 is 9.47 Å². The summed E-state index contributed by atoms with van der Waals surface area (Å²) in [6.07, 6.45) is 0.0880. The van der Waals surface area contributed by atoms with Crippen LogP contribution >= 0.6 is 0 Å². The molecule has 0 unspecified atom stereocenters. The van der Waals surface area contributed by atoms with Crippen molar-refractivity contribution >= 4 is 22.0 Å². The standard InChI is InChI=1S/C21H21NO6S/c1-3-18(27-21(23)16-12-8-5-9-13-16)19(28-29(2,24)25)17-14-26-20(22-17)15-10-6-4-7-11-15/h3-13,17-19H,1,14H2,2H3/t17-,18+,19+/m0/s1. The molecular weight excluding hydrogens is 394 g/mol. The zero-order valence-electron chi connectivity index (χ0n) is 15.8. The Morgan fingerprint density at radius 2 is 1.79 bits per heavy atom. The highest BCUT2D eigenvalue weighted by molar-refractivity contribution is 7.86. The van der Waals surface area contributed by atoms with E-state index in [1.807, 2.05) is 30.3 Å². The lowest BCUT2D eigenvalue weighted by molar-refractivity contribution is 0.00137. The van der Waals surface area contributed by atoms with Crippen molar-refractivity contribution in [3.8, 4) is 0 Å². The van der Waals surface area contributed by atoms with Gasteiger partial charge in [0.1, 0.15) is 24.9 Å². The molecule has 2 aromatic carbocycles. The van der Waals surface area contributed by atoms with Gasteiger partial charge in [-0.15, -0.1) is 0 Å². The van der Waals surface area contributed by atoms with Crippen LogP contribution in [0.25, 0.3) is 0 Å². The predicted molar refractivity (Wildman–Crippen MR) is 108 cm³/mol. The molecule has 0 saturated heterocycles. The number of hydrogen-bond acceptors (Lipinski definition) is 7. The van der Waals surface area contributed by atoms with Crippen LogP contribution in [0.2, 0.25) is 0 Å². The van der Waals surface area contributed by atoms with E-state index < -0.39 is 34.3 Å². The number of carbonyl (C=O) groups is 1. The number of benzene rings is 2. The minimum absolute atomic E-state index is 0.0810. The molecule has 1 heterocycles. The summed E-state index contributed by atoms with van der Waals surface area (Å²) in [6.45, 7) is 3.75. The molecule has 0 radical (unpaired) electrons. The predicted octanol–water partition coefficient (Wildman–Crippen LogP) is 2.59. The second-order valence-electron chi connectivity index (χ2n) is 6.42. The summed E-state index contributed by atoms with van der Waals surface area (Å²) in [5.41, 5.74) is 1.08. The van der Waals surface area contributed by atoms with Crippen LogP contribution in [0.3, 0.4) is 0 Å². The first-order chi connectivity index (χ1) is 13.9. The van der Waals surface area contributed by atoms with Gasteiger partial charge in [-0.3, -0.25) is 4.18 Å². The summed E-state index contributed by atoms with van der Waals surface area (Å²) < 4.78 is 40.0. The zero-order valence-corrected chi connectivity index (χ0v) is 16.6. The topological polar surface area (TPSA) is 91.3 Å². The van der Waals surface area contributed by atoms with Crippen LogP contribution in [0.15, 0.2) is 78.3 Å². The first kappa shape index (κ1) is 20.8. The van der Waals surface area contributed by atoms with Crippen LogP contribution in [-0.2, 0) is 23.8 Å². The summed E-state index contributed by atoms with van der Waals surface area (Å²) in [6, 6.07) is 16.9. The molecule has 1 aliphatic heterocycles. The van der Waals surface area contributed by atoms with E-state index in [-0.39, 0.29) is 6.61 Å². The Morgan fingerprint density at radius 1 is 1.17 bits per heavy atom. The monoisotopic (exact) mass is 415 g/mol. The molecule has 0 fully saturated rings. The van der Waals surface area contributed by atoms with E-state index in [4.69, 9.17) is 13.7 Å². The molecule has 0 amide bonds. The first-order valence-corrected chi connectivity index (χ1v) is 10.7. The Hall–Kier alpha value is -2.97. The molecule has 1 aliphatic rings. The van der Waals surface area contributed by atoms with Gasteiger partial charge in [-0.1, -0.05) is 43.0 Å². The Balaban J connectivity index is 1.85. The summed E-state index contributed by atoms with van der Waals surface area (Å²) >= 11 is 0. The normalized spacial score (nSPS) is 18.2. The number of carbonyl (C=O) groups excluding carboxylic acids is 1. The number of rotatable bonds is 8. The van der Waals surface area contributed by atoms with Crippen LogP contribution in [0.4, 0.5) is 0 Å². The van der Waals surface area contributed by atoms with Crippen molar-refractivity contribution in [2.75, 3.05) is 12.9 Å². The van der Waals surface area contributed by atoms with Gasteiger partial charge >= 0.3 is 5.97 Å². The Morgan fingerprint density at radius 3 is 2.38 bits per heavy atom. The van der Waals surface area contributed by atoms with E-state index in [2.05, 4.69) is 11.6 Å². The minimum Gasteiger partial charge on any atom is -0.475 e. The van der Waals surface area contributed by atoms with Crippen molar-refractivity contribution in [3.63, 3.8) is 0 Å². The van der Waals surface area contributed by atoms with Crippen LogP contribution in [0.1, 0.15) is 15.9 Å². The Kier molecular flexibility index (Phi) is 6.46. The lowest BCUT2D eigenvalue weighted by Gasteiger charge is -2.26. The third kappa shape index (κ3) is 5.52. The second kappa shape index (κ2) is 9.02. The molecule has 2 aromatic rings. The maximum atomic E-state index is 12.4. The molecule has 7 nitrogen and oxygen atoms in total. The molecule has 0 aromatic heterocycles. The van der Waals surface area contributed by atoms with Crippen molar-refractivity contribution in [1.82, 2.24) is 0 Å². The molecule has 29 heavy (non-hydrogen) atoms. The van der Waals surface area contributed by atoms with Crippen molar-refractivity contribution in [2.24, 2.45) is 4.99 Å². The summed E-state index contributed by atoms with van der Waals surface area (Å²) in [5.74, 6) is -0.251. The van der Waals surface area contributed by atoms with Crippen molar-refractivity contribution in [3.05, 3.63) is 84.4 Å². The maximum Gasteiger partial charge on any atom is 0.338 e. The van der Waals surface area contributed by atoms with E-state index >= 15 is 0 Å². The fourth-order valence-electron chi connectivity index (χ4n) is 2.85. The number of aliphatic imine (C=N–C) groups is 1. The fourth-order valence-corrected chi connectivity index (χ4v) is 3.49. The zero-order chi connectivity index (χ0) is 20.9. The van der Waals surface area contributed by atoms with Gasteiger partial charge in [0, 0.05) is 5.56 Å². The summed E-state index contributed by atoms with van der Waals surface area (Å²) in [4.78, 5) is 16.9. The van der Waals surface area contributed by atoms with Crippen molar-refractivity contribution in [1.29, 1.82) is 0 Å². The molecule has 0 N–H and O–H groups in total. The van der Waals surface area contributed by atoms with Crippen LogP contribution in [0, 0.1) is 0 Å². The van der Waals surface area contributed by atoms with Crippen molar-refractivity contribution in [2.45, 2.75) is 18.2 Å². The molecular formula is C21H21NO6S. The highest BCUT2D eigenvalue weighted by Crippen LogP contribution is 2.22. The number of esters is 1. The largest absolute Gasteiger partial charge is 0.475 e. The highest BCUT2D eigenvalue weighted by atomic mass is 32.2. The third-order valence-corrected chi connectivity index (χ3v) is 4.74. The molecule has 3 atom stereocenters. The molecule has 0 bridgehead atoms. The smallest absolute Gasteiger partial charge is 0.338 e. The van der Waals surface area contributed by atoms with Gasteiger partial charge in [0.25, 0.3) is 10.1 Å². The van der Waals surface area contributed by atoms with Crippen molar-refractivity contribution < 1.29 is 26.9 Å². The van der Waals surface area contributed by atoms with Crippen LogP contribution < -0.4 is 0 Å². The average molecular weight is 415 g/mol. The van der Waals surface area contributed by atoms with Gasteiger partial charge in [0.15, 0.2) is 0 Å². The van der Waals surface area contributed by atoms with E-state index in [0.29, 0.717) is 11.5 Å². The number of nitrogens with zero attached hydrogens (tertiary/aromatic N) is 1. The quantitative estimate of drug-likeness (QED) is 0.374. The second-order valence-corrected chi connectivity index (χ2v) is 8.02. The van der Waals surface area contributed by atoms with E-state index in [1.165, 1.54) is 6.08 Å². The summed E-state index contributed by atoms with van der Waals surface area (Å²) in [7, 11) is -3.86. The van der Waals surface area contributed by atoms with Gasteiger partial charge in [-0.25, -0.2) is 9.79 Å². The van der Waals surface area contributed by atoms with E-state index in [0.717, 1.165) is 11.8 Å².